The molecule has 0 fully saturated rings. The molecule has 2 aromatic heterocycles. The fraction of sp³-hybridized carbons (Fsp3) is 0.333. The standard InChI is InChI=1S/C12H14N4O4/c1-8-4-13-16(5-8)6-9-3-10(14-20-9)12(19)15(2)7-11(17)18/h3-5H,6-7H2,1-2H3,(H,17,18). The zero-order valence-electron chi connectivity index (χ0n) is 11.1. The molecule has 0 saturated carbocycles. The van der Waals surface area contributed by atoms with Gasteiger partial charge in [0.05, 0.1) is 6.20 Å². The van der Waals surface area contributed by atoms with Crippen molar-refractivity contribution in [2.24, 2.45) is 0 Å². The highest BCUT2D eigenvalue weighted by atomic mass is 16.5. The summed E-state index contributed by atoms with van der Waals surface area (Å²) in [6.07, 6.45) is 3.55. The van der Waals surface area contributed by atoms with Crippen LogP contribution in [-0.2, 0) is 11.3 Å². The van der Waals surface area contributed by atoms with E-state index in [1.165, 1.54) is 13.1 Å². The van der Waals surface area contributed by atoms with E-state index in [9.17, 15) is 9.59 Å². The summed E-state index contributed by atoms with van der Waals surface area (Å²) in [4.78, 5) is 23.5. The Morgan fingerprint density at radius 2 is 2.25 bits per heavy atom. The number of hydrogen-bond acceptors (Lipinski definition) is 5. The first-order chi connectivity index (χ1) is 9.45. The summed E-state index contributed by atoms with van der Waals surface area (Å²) in [5, 5.41) is 16.4. The minimum atomic E-state index is -1.09. The van der Waals surface area contributed by atoms with Gasteiger partial charge in [0.15, 0.2) is 11.5 Å². The number of likely N-dealkylation sites (N-methyl/N-ethyl adjacent to an activating group) is 1. The third-order valence-corrected chi connectivity index (χ3v) is 2.58. The van der Waals surface area contributed by atoms with Crippen molar-refractivity contribution in [3.8, 4) is 0 Å². The van der Waals surface area contributed by atoms with Crippen LogP contribution in [0.1, 0.15) is 21.8 Å². The number of carboxylic acid groups (broad SMARTS) is 1. The maximum absolute atomic E-state index is 11.9. The highest BCUT2D eigenvalue weighted by Gasteiger charge is 2.18. The molecule has 0 spiro atoms. The fourth-order valence-corrected chi connectivity index (χ4v) is 1.67. The first-order valence-electron chi connectivity index (χ1n) is 5.87. The van der Waals surface area contributed by atoms with Crippen molar-refractivity contribution in [2.75, 3.05) is 13.6 Å². The molecule has 0 radical (unpaired) electrons. The van der Waals surface area contributed by atoms with Crippen LogP contribution in [0.4, 0.5) is 0 Å². The van der Waals surface area contributed by atoms with Crippen molar-refractivity contribution in [1.29, 1.82) is 0 Å². The van der Waals surface area contributed by atoms with E-state index in [0.717, 1.165) is 10.5 Å². The van der Waals surface area contributed by atoms with Gasteiger partial charge in [0.2, 0.25) is 0 Å². The molecule has 0 aromatic carbocycles. The smallest absolute Gasteiger partial charge is 0.323 e. The van der Waals surface area contributed by atoms with Crippen LogP contribution in [0, 0.1) is 6.92 Å². The van der Waals surface area contributed by atoms with E-state index in [1.807, 2.05) is 13.1 Å². The third-order valence-electron chi connectivity index (χ3n) is 2.58. The molecule has 8 heteroatoms. The largest absolute Gasteiger partial charge is 0.480 e. The van der Waals surface area contributed by atoms with Gasteiger partial charge in [-0.3, -0.25) is 14.3 Å². The lowest BCUT2D eigenvalue weighted by molar-refractivity contribution is -0.137. The summed E-state index contributed by atoms with van der Waals surface area (Å²) in [6, 6.07) is 1.48. The Hall–Kier alpha value is -2.64. The molecule has 20 heavy (non-hydrogen) atoms. The highest BCUT2D eigenvalue weighted by Crippen LogP contribution is 2.08. The monoisotopic (exact) mass is 278 g/mol. The second-order valence-electron chi connectivity index (χ2n) is 4.45. The Morgan fingerprint density at radius 3 is 2.85 bits per heavy atom. The van der Waals surface area contributed by atoms with E-state index in [-0.39, 0.29) is 12.2 Å². The Bertz CT molecular complexity index is 631. The maximum atomic E-state index is 11.9. The molecule has 8 nitrogen and oxygen atoms in total. The number of carbonyl (C=O) groups is 2. The van der Waals surface area contributed by atoms with Gasteiger partial charge in [0, 0.05) is 19.3 Å². The van der Waals surface area contributed by atoms with Crippen LogP contribution in [0.15, 0.2) is 23.0 Å². The summed E-state index contributed by atoms with van der Waals surface area (Å²) in [7, 11) is 1.39. The second-order valence-corrected chi connectivity index (χ2v) is 4.45. The average molecular weight is 278 g/mol. The zero-order chi connectivity index (χ0) is 14.7. The first kappa shape index (κ1) is 13.8. The van der Waals surface area contributed by atoms with Crippen molar-refractivity contribution in [3.63, 3.8) is 0 Å². The Balaban J connectivity index is 2.04. The molecule has 0 aliphatic rings. The summed E-state index contributed by atoms with van der Waals surface area (Å²) >= 11 is 0. The molecule has 0 atom stereocenters. The van der Waals surface area contributed by atoms with Crippen LogP contribution in [-0.4, -0.2) is 50.4 Å². The van der Waals surface area contributed by atoms with Crippen molar-refractivity contribution in [2.45, 2.75) is 13.5 Å². The first-order valence-corrected chi connectivity index (χ1v) is 5.87. The number of aromatic nitrogens is 3. The van der Waals surface area contributed by atoms with Crippen molar-refractivity contribution in [3.05, 3.63) is 35.5 Å². The molecule has 1 amide bonds. The van der Waals surface area contributed by atoms with E-state index < -0.39 is 11.9 Å². The van der Waals surface area contributed by atoms with E-state index in [4.69, 9.17) is 9.63 Å². The minimum absolute atomic E-state index is 0.0765. The van der Waals surface area contributed by atoms with Gasteiger partial charge in [0.25, 0.3) is 5.91 Å². The Labute approximate surface area is 114 Å². The number of amides is 1. The van der Waals surface area contributed by atoms with Gasteiger partial charge >= 0.3 is 5.97 Å². The lowest BCUT2D eigenvalue weighted by Crippen LogP contribution is -2.32. The average Bonchev–Trinajstić information content (AvgIpc) is 2.97. The Kier molecular flexibility index (Phi) is 3.83. The number of nitrogens with zero attached hydrogens (tertiary/aromatic N) is 4. The molecule has 106 valence electrons. The number of carboxylic acids is 1. The zero-order valence-corrected chi connectivity index (χ0v) is 11.1. The quantitative estimate of drug-likeness (QED) is 0.848. The lowest BCUT2D eigenvalue weighted by atomic mass is 10.3. The number of carbonyl (C=O) groups excluding carboxylic acids is 1. The van der Waals surface area contributed by atoms with Crippen LogP contribution in [0.3, 0.4) is 0 Å². The molecule has 0 saturated heterocycles. The molecule has 0 unspecified atom stereocenters. The van der Waals surface area contributed by atoms with Gasteiger partial charge < -0.3 is 14.5 Å². The van der Waals surface area contributed by atoms with Crippen LogP contribution in [0.25, 0.3) is 0 Å². The van der Waals surface area contributed by atoms with E-state index in [0.29, 0.717) is 12.3 Å². The molecule has 2 heterocycles. The Morgan fingerprint density at radius 1 is 1.50 bits per heavy atom. The summed E-state index contributed by atoms with van der Waals surface area (Å²) in [6.45, 7) is 1.88. The predicted octanol–water partition coefficient (Wildman–Crippen LogP) is 0.384. The summed E-state index contributed by atoms with van der Waals surface area (Å²) in [5.41, 5.74) is 1.09. The van der Waals surface area contributed by atoms with Crippen LogP contribution >= 0.6 is 0 Å². The molecular weight excluding hydrogens is 264 g/mol. The van der Waals surface area contributed by atoms with Crippen LogP contribution in [0.2, 0.25) is 0 Å². The minimum Gasteiger partial charge on any atom is -0.480 e. The third kappa shape index (κ3) is 3.22. The molecule has 0 aliphatic carbocycles. The second kappa shape index (κ2) is 5.55. The van der Waals surface area contributed by atoms with Gasteiger partial charge in [-0.2, -0.15) is 5.10 Å². The lowest BCUT2D eigenvalue weighted by Gasteiger charge is -2.11. The summed E-state index contributed by atoms with van der Waals surface area (Å²) in [5.74, 6) is -1.11. The molecule has 2 rings (SSSR count). The van der Waals surface area contributed by atoms with Crippen molar-refractivity contribution >= 4 is 11.9 Å². The van der Waals surface area contributed by atoms with Crippen molar-refractivity contribution < 1.29 is 19.2 Å². The molecule has 0 aliphatic heterocycles. The van der Waals surface area contributed by atoms with Crippen LogP contribution < -0.4 is 0 Å². The van der Waals surface area contributed by atoms with E-state index in [1.54, 1.807) is 10.9 Å². The van der Waals surface area contributed by atoms with Gasteiger partial charge in [0.1, 0.15) is 13.1 Å². The topological polar surface area (TPSA) is 101 Å². The molecule has 0 bridgehead atoms. The molecule has 1 N–H and O–H groups in total. The maximum Gasteiger partial charge on any atom is 0.323 e. The van der Waals surface area contributed by atoms with Gasteiger partial charge in [-0.25, -0.2) is 0 Å². The fourth-order valence-electron chi connectivity index (χ4n) is 1.67. The molecular formula is C12H14N4O4. The SMILES string of the molecule is Cc1cnn(Cc2cc(C(=O)N(C)CC(=O)O)no2)c1. The normalized spacial score (nSPS) is 10.5. The van der Waals surface area contributed by atoms with Gasteiger partial charge in [-0.1, -0.05) is 5.16 Å². The number of aliphatic carboxylic acids is 1. The number of aryl methyl sites for hydroxylation is 1. The van der Waals surface area contributed by atoms with Gasteiger partial charge in [-0.05, 0) is 12.5 Å². The van der Waals surface area contributed by atoms with E-state index in [2.05, 4.69) is 10.3 Å². The molecule has 2 aromatic rings. The van der Waals surface area contributed by atoms with Crippen molar-refractivity contribution in [1.82, 2.24) is 19.8 Å². The number of hydrogen-bond donors (Lipinski definition) is 1. The van der Waals surface area contributed by atoms with Crippen LogP contribution in [0.5, 0.6) is 0 Å². The van der Waals surface area contributed by atoms with Gasteiger partial charge in [-0.15, -0.1) is 0 Å². The summed E-state index contributed by atoms with van der Waals surface area (Å²) < 4.78 is 6.71. The predicted molar refractivity (Wildman–Crippen MR) is 67.2 cm³/mol. The van der Waals surface area contributed by atoms with E-state index >= 15 is 0 Å². The number of rotatable bonds is 5. The highest BCUT2D eigenvalue weighted by molar-refractivity contribution is 5.93.